The molecular weight excluding hydrogens is 162 g/mol. The number of hydrogen-bond acceptors (Lipinski definition) is 4. The molecule has 0 saturated carbocycles. The smallest absolute Gasteiger partial charge is 0.320 e. The van der Waals surface area contributed by atoms with Crippen LogP contribution in [0.4, 0.5) is 0 Å². The molecule has 0 amide bonds. The number of aliphatic carboxylic acids is 1. The fraction of sp³-hybridized carbons (Fsp3) is 0.429. The average molecular weight is 173 g/mol. The fourth-order valence-corrected chi connectivity index (χ4v) is 0.474. The van der Waals surface area contributed by atoms with Crippen LogP contribution in [-0.4, -0.2) is 36.7 Å². The van der Waals surface area contributed by atoms with Crippen LogP contribution in [0.25, 0.3) is 0 Å². The van der Waals surface area contributed by atoms with E-state index >= 15 is 0 Å². The summed E-state index contributed by atoms with van der Waals surface area (Å²) in [5.74, 6) is -1.50. The number of esters is 1. The summed E-state index contributed by atoms with van der Waals surface area (Å²) in [6.07, 6.45) is 1.44. The van der Waals surface area contributed by atoms with Crippen molar-refractivity contribution in [3.05, 3.63) is 12.7 Å². The molecule has 0 fully saturated rings. The standard InChI is InChI=1S/C7H11NO4/c1-2-3-12-7(11)5-8-4-6(9)10/h2,8H,1,3-5H2,(H,9,10). The van der Waals surface area contributed by atoms with Crippen LogP contribution >= 0.6 is 0 Å². The molecule has 0 aliphatic heterocycles. The van der Waals surface area contributed by atoms with Gasteiger partial charge in [-0.15, -0.1) is 0 Å². The second kappa shape index (κ2) is 6.36. The Morgan fingerprint density at radius 2 is 2.17 bits per heavy atom. The maximum absolute atomic E-state index is 10.7. The highest BCUT2D eigenvalue weighted by Crippen LogP contribution is 1.76. The number of rotatable bonds is 6. The molecule has 68 valence electrons. The van der Waals surface area contributed by atoms with Crippen molar-refractivity contribution in [3.8, 4) is 0 Å². The second-order valence-electron chi connectivity index (χ2n) is 1.97. The topological polar surface area (TPSA) is 75.6 Å². The van der Waals surface area contributed by atoms with E-state index in [9.17, 15) is 9.59 Å². The minimum absolute atomic E-state index is 0.0971. The van der Waals surface area contributed by atoms with Crippen molar-refractivity contribution in [2.24, 2.45) is 0 Å². The summed E-state index contributed by atoms with van der Waals surface area (Å²) >= 11 is 0. The molecule has 0 aromatic rings. The minimum Gasteiger partial charge on any atom is -0.480 e. The van der Waals surface area contributed by atoms with Crippen molar-refractivity contribution < 1.29 is 19.4 Å². The Hall–Kier alpha value is -1.36. The van der Waals surface area contributed by atoms with E-state index in [1.807, 2.05) is 0 Å². The molecule has 2 N–H and O–H groups in total. The van der Waals surface area contributed by atoms with Gasteiger partial charge < -0.3 is 9.84 Å². The van der Waals surface area contributed by atoms with E-state index in [1.165, 1.54) is 6.08 Å². The van der Waals surface area contributed by atoms with Crippen molar-refractivity contribution in [2.75, 3.05) is 19.7 Å². The Balaban J connectivity index is 3.31. The van der Waals surface area contributed by atoms with Gasteiger partial charge in [0.1, 0.15) is 6.61 Å². The van der Waals surface area contributed by atoms with Gasteiger partial charge in [-0.05, 0) is 0 Å². The van der Waals surface area contributed by atoms with Crippen molar-refractivity contribution in [1.82, 2.24) is 5.32 Å². The van der Waals surface area contributed by atoms with E-state index in [2.05, 4.69) is 16.6 Å². The molecule has 0 radical (unpaired) electrons. The van der Waals surface area contributed by atoms with E-state index in [4.69, 9.17) is 5.11 Å². The zero-order valence-electron chi connectivity index (χ0n) is 6.58. The summed E-state index contributed by atoms with van der Waals surface area (Å²) in [6, 6.07) is 0. The van der Waals surface area contributed by atoms with Gasteiger partial charge in [0, 0.05) is 0 Å². The van der Waals surface area contributed by atoms with Gasteiger partial charge in [0.25, 0.3) is 0 Å². The second-order valence-corrected chi connectivity index (χ2v) is 1.97. The van der Waals surface area contributed by atoms with E-state index < -0.39 is 11.9 Å². The number of nitrogens with one attached hydrogen (secondary N) is 1. The van der Waals surface area contributed by atoms with Crippen molar-refractivity contribution in [2.45, 2.75) is 0 Å². The number of carbonyl (C=O) groups is 2. The molecule has 0 spiro atoms. The maximum Gasteiger partial charge on any atom is 0.320 e. The van der Waals surface area contributed by atoms with Crippen LogP contribution in [0, 0.1) is 0 Å². The Morgan fingerprint density at radius 1 is 1.50 bits per heavy atom. The van der Waals surface area contributed by atoms with Crippen LogP contribution in [0.1, 0.15) is 0 Å². The molecule has 0 rings (SSSR count). The first-order valence-electron chi connectivity index (χ1n) is 3.36. The molecular formula is C7H11NO4. The summed E-state index contributed by atoms with van der Waals surface area (Å²) in [5, 5.41) is 10.6. The summed E-state index contributed by atoms with van der Waals surface area (Å²) in [4.78, 5) is 20.6. The molecule has 0 aliphatic rings. The quantitative estimate of drug-likeness (QED) is 0.414. The van der Waals surface area contributed by atoms with Crippen LogP contribution < -0.4 is 5.32 Å². The normalized spacial score (nSPS) is 9.00. The zero-order chi connectivity index (χ0) is 9.40. The maximum atomic E-state index is 10.7. The Kier molecular flexibility index (Phi) is 5.64. The Bertz CT molecular complexity index is 178. The van der Waals surface area contributed by atoms with Gasteiger partial charge in [-0.3, -0.25) is 14.9 Å². The van der Waals surface area contributed by atoms with E-state index in [-0.39, 0.29) is 19.7 Å². The number of carboxylic acids is 1. The molecule has 0 aromatic carbocycles. The van der Waals surface area contributed by atoms with Crippen LogP contribution in [0.15, 0.2) is 12.7 Å². The van der Waals surface area contributed by atoms with E-state index in [0.29, 0.717) is 0 Å². The van der Waals surface area contributed by atoms with Crippen molar-refractivity contribution in [1.29, 1.82) is 0 Å². The summed E-state index contributed by atoms with van der Waals surface area (Å²) in [7, 11) is 0. The average Bonchev–Trinajstić information content (AvgIpc) is 2.00. The van der Waals surface area contributed by atoms with Crippen LogP contribution in [-0.2, 0) is 14.3 Å². The van der Waals surface area contributed by atoms with Gasteiger partial charge in [-0.25, -0.2) is 0 Å². The third kappa shape index (κ3) is 6.76. The molecule has 0 aliphatic carbocycles. The van der Waals surface area contributed by atoms with Gasteiger partial charge >= 0.3 is 11.9 Å². The Morgan fingerprint density at radius 3 is 2.67 bits per heavy atom. The first-order valence-corrected chi connectivity index (χ1v) is 3.36. The fourth-order valence-electron chi connectivity index (χ4n) is 0.474. The summed E-state index contributed by atoms with van der Waals surface area (Å²) in [6.45, 7) is 3.15. The highest BCUT2D eigenvalue weighted by atomic mass is 16.5. The molecule has 5 heteroatoms. The van der Waals surface area contributed by atoms with Gasteiger partial charge in [-0.1, -0.05) is 12.7 Å². The number of ether oxygens (including phenoxy) is 1. The molecule has 0 atom stereocenters. The molecule has 0 bridgehead atoms. The van der Waals surface area contributed by atoms with Gasteiger partial charge in [0.2, 0.25) is 0 Å². The predicted octanol–water partition coefficient (Wildman–Crippen LogP) is -0.610. The van der Waals surface area contributed by atoms with Crippen LogP contribution in [0.2, 0.25) is 0 Å². The molecule has 0 unspecified atom stereocenters. The lowest BCUT2D eigenvalue weighted by Gasteiger charge is -2.01. The molecule has 0 aromatic heterocycles. The van der Waals surface area contributed by atoms with Gasteiger partial charge in [0.05, 0.1) is 13.1 Å². The highest BCUT2D eigenvalue weighted by Gasteiger charge is 2.01. The monoisotopic (exact) mass is 173 g/mol. The van der Waals surface area contributed by atoms with E-state index in [1.54, 1.807) is 0 Å². The lowest BCUT2D eigenvalue weighted by molar-refractivity contribution is -0.141. The molecule has 0 saturated heterocycles. The van der Waals surface area contributed by atoms with Crippen LogP contribution in [0.5, 0.6) is 0 Å². The van der Waals surface area contributed by atoms with Gasteiger partial charge in [0.15, 0.2) is 0 Å². The Labute approximate surface area is 70.0 Å². The number of carbonyl (C=O) groups excluding carboxylic acids is 1. The third-order valence-electron chi connectivity index (χ3n) is 0.908. The van der Waals surface area contributed by atoms with Crippen molar-refractivity contribution in [3.63, 3.8) is 0 Å². The third-order valence-corrected chi connectivity index (χ3v) is 0.908. The lowest BCUT2D eigenvalue weighted by atomic mass is 10.6. The molecule has 12 heavy (non-hydrogen) atoms. The zero-order valence-corrected chi connectivity index (χ0v) is 6.58. The molecule has 5 nitrogen and oxygen atoms in total. The number of hydrogen-bond donors (Lipinski definition) is 2. The molecule has 0 heterocycles. The highest BCUT2D eigenvalue weighted by molar-refractivity contribution is 5.73. The minimum atomic E-state index is -1.01. The SMILES string of the molecule is C=CCOC(=O)CNCC(=O)O. The first kappa shape index (κ1) is 10.6. The van der Waals surface area contributed by atoms with Crippen LogP contribution in [0.3, 0.4) is 0 Å². The van der Waals surface area contributed by atoms with Gasteiger partial charge in [-0.2, -0.15) is 0 Å². The lowest BCUT2D eigenvalue weighted by Crippen LogP contribution is -2.29. The largest absolute Gasteiger partial charge is 0.480 e. The van der Waals surface area contributed by atoms with E-state index in [0.717, 1.165) is 0 Å². The summed E-state index contributed by atoms with van der Waals surface area (Å²) < 4.78 is 4.56. The van der Waals surface area contributed by atoms with Crippen molar-refractivity contribution >= 4 is 11.9 Å². The summed E-state index contributed by atoms with van der Waals surface area (Å²) in [5.41, 5.74) is 0. The first-order chi connectivity index (χ1) is 5.66. The predicted molar refractivity (Wildman–Crippen MR) is 41.7 cm³/mol. The number of carboxylic acid groups (broad SMARTS) is 1.